The first-order chi connectivity index (χ1) is 9.04. The molecule has 0 saturated carbocycles. The van der Waals surface area contributed by atoms with Crippen molar-refractivity contribution in [2.45, 2.75) is 13.3 Å². The Hall–Kier alpha value is -2.44. The van der Waals surface area contributed by atoms with Crippen LogP contribution < -0.4 is 4.90 Å². The van der Waals surface area contributed by atoms with Gasteiger partial charge < -0.3 is 4.90 Å². The highest BCUT2D eigenvalue weighted by atomic mass is 16.6. The van der Waals surface area contributed by atoms with Crippen molar-refractivity contribution < 1.29 is 14.5 Å². The average molecular weight is 263 g/mol. The molecule has 1 saturated heterocycles. The molecule has 1 aromatic rings. The van der Waals surface area contributed by atoms with Gasteiger partial charge in [-0.2, -0.15) is 0 Å². The fourth-order valence-corrected chi connectivity index (χ4v) is 1.96. The average Bonchev–Trinajstić information content (AvgIpc) is 2.39. The lowest BCUT2D eigenvalue weighted by Crippen LogP contribution is -2.52. The molecule has 2 rings (SSSR count). The monoisotopic (exact) mass is 263 g/mol. The summed E-state index contributed by atoms with van der Waals surface area (Å²) in [5.74, 6) is -0.288. The van der Waals surface area contributed by atoms with E-state index in [1.807, 2.05) is 6.92 Å². The number of nitrogens with zero attached hydrogens (tertiary/aromatic N) is 3. The van der Waals surface area contributed by atoms with E-state index in [9.17, 15) is 19.7 Å². The van der Waals surface area contributed by atoms with Crippen molar-refractivity contribution >= 4 is 23.3 Å². The molecule has 0 radical (unpaired) electrons. The van der Waals surface area contributed by atoms with Gasteiger partial charge in [0.05, 0.1) is 10.6 Å². The van der Waals surface area contributed by atoms with Crippen molar-refractivity contribution in [3.63, 3.8) is 0 Å². The molecule has 1 aliphatic heterocycles. The Bertz CT molecular complexity index is 526. The van der Waals surface area contributed by atoms with Crippen LogP contribution in [0.25, 0.3) is 0 Å². The van der Waals surface area contributed by atoms with Crippen molar-refractivity contribution in [2.24, 2.45) is 0 Å². The zero-order valence-electron chi connectivity index (χ0n) is 10.4. The Morgan fingerprint density at radius 2 is 1.89 bits per heavy atom. The summed E-state index contributed by atoms with van der Waals surface area (Å²) >= 11 is 0. The van der Waals surface area contributed by atoms with Crippen molar-refractivity contribution in [3.05, 3.63) is 34.4 Å². The maximum atomic E-state index is 12.1. The van der Waals surface area contributed by atoms with Crippen molar-refractivity contribution in [3.8, 4) is 0 Å². The van der Waals surface area contributed by atoms with Crippen molar-refractivity contribution in [1.82, 2.24) is 4.90 Å². The summed E-state index contributed by atoms with van der Waals surface area (Å²) in [6.45, 7) is 2.77. The molecule has 1 heterocycles. The summed E-state index contributed by atoms with van der Waals surface area (Å²) in [6, 6.07) is 4.99. The lowest BCUT2D eigenvalue weighted by Gasteiger charge is -2.33. The minimum absolute atomic E-state index is 0.0759. The molecule has 1 aliphatic rings. The van der Waals surface area contributed by atoms with E-state index in [1.165, 1.54) is 24.3 Å². The van der Waals surface area contributed by atoms with Gasteiger partial charge in [0.1, 0.15) is 0 Å². The van der Waals surface area contributed by atoms with E-state index in [0.717, 1.165) is 4.90 Å². The third-order valence-corrected chi connectivity index (χ3v) is 3.01. The molecule has 0 bridgehead atoms. The van der Waals surface area contributed by atoms with E-state index in [0.29, 0.717) is 18.8 Å². The molecular weight excluding hydrogens is 250 g/mol. The summed E-state index contributed by atoms with van der Waals surface area (Å²) in [4.78, 5) is 36.6. The second-order valence-corrected chi connectivity index (χ2v) is 4.11. The van der Waals surface area contributed by atoms with Gasteiger partial charge in [0.2, 0.25) is 5.91 Å². The number of imide groups is 1. The highest BCUT2D eigenvalue weighted by molar-refractivity contribution is 6.15. The van der Waals surface area contributed by atoms with E-state index >= 15 is 0 Å². The molecule has 0 atom stereocenters. The number of rotatable bonds is 3. The summed E-state index contributed by atoms with van der Waals surface area (Å²) in [5, 5.41) is 10.6. The Morgan fingerprint density at radius 3 is 2.42 bits per heavy atom. The summed E-state index contributed by atoms with van der Waals surface area (Å²) in [5.41, 5.74) is 0.284. The molecule has 0 aliphatic carbocycles. The first-order valence-electron chi connectivity index (χ1n) is 5.91. The van der Waals surface area contributed by atoms with Crippen molar-refractivity contribution in [2.75, 3.05) is 18.0 Å². The number of nitro benzene ring substituents is 1. The molecule has 0 aromatic heterocycles. The molecular formula is C12H13N3O4. The third kappa shape index (κ3) is 2.40. The van der Waals surface area contributed by atoms with E-state index in [2.05, 4.69) is 0 Å². The van der Waals surface area contributed by atoms with Crippen LogP contribution in [0.3, 0.4) is 0 Å². The molecule has 0 N–H and O–H groups in total. The number of nitro groups is 1. The zero-order chi connectivity index (χ0) is 14.0. The quantitative estimate of drug-likeness (QED) is 0.614. The summed E-state index contributed by atoms with van der Waals surface area (Å²) in [6.07, 6.45) is 0.260. The van der Waals surface area contributed by atoms with E-state index in [4.69, 9.17) is 0 Å². The number of carbonyl (C=O) groups excluding carboxylic acids is 2. The van der Waals surface area contributed by atoms with Crippen LogP contribution in [0.2, 0.25) is 0 Å². The van der Waals surface area contributed by atoms with Gasteiger partial charge in [-0.1, -0.05) is 0 Å². The highest BCUT2D eigenvalue weighted by Gasteiger charge is 2.32. The normalized spacial score (nSPS) is 15.8. The van der Waals surface area contributed by atoms with Gasteiger partial charge in [0, 0.05) is 31.6 Å². The largest absolute Gasteiger partial charge is 0.331 e. The zero-order valence-corrected chi connectivity index (χ0v) is 10.4. The van der Waals surface area contributed by atoms with Crippen LogP contribution in [0, 0.1) is 10.1 Å². The Labute approximate surface area is 109 Å². The summed E-state index contributed by atoms with van der Waals surface area (Å²) < 4.78 is 0. The topological polar surface area (TPSA) is 83.8 Å². The molecule has 1 fully saturated rings. The number of non-ortho nitro benzene ring substituents is 1. The van der Waals surface area contributed by atoms with Crippen LogP contribution in [0.1, 0.15) is 13.3 Å². The van der Waals surface area contributed by atoms with Crippen LogP contribution in [-0.4, -0.2) is 34.9 Å². The van der Waals surface area contributed by atoms with Gasteiger partial charge in [0.15, 0.2) is 0 Å². The van der Waals surface area contributed by atoms with Crippen LogP contribution in [0.4, 0.5) is 16.2 Å². The van der Waals surface area contributed by atoms with Gasteiger partial charge in [-0.05, 0) is 19.1 Å². The molecule has 3 amide bonds. The fraction of sp³-hybridized carbons (Fsp3) is 0.333. The first kappa shape index (κ1) is 13.0. The van der Waals surface area contributed by atoms with Crippen LogP contribution in [0.15, 0.2) is 24.3 Å². The molecule has 0 unspecified atom stereocenters. The lowest BCUT2D eigenvalue weighted by molar-refractivity contribution is -0.384. The SMILES string of the molecule is CCN1CCC(=O)N(c2ccc([N+](=O)[O-])cc2)C1=O. The Morgan fingerprint density at radius 1 is 1.26 bits per heavy atom. The number of urea groups is 1. The van der Waals surface area contributed by atoms with E-state index in [1.54, 1.807) is 4.90 Å². The third-order valence-electron chi connectivity index (χ3n) is 3.01. The molecule has 100 valence electrons. The maximum Gasteiger partial charge on any atom is 0.331 e. The van der Waals surface area contributed by atoms with Gasteiger partial charge in [-0.15, -0.1) is 0 Å². The molecule has 0 spiro atoms. The van der Waals surface area contributed by atoms with Gasteiger partial charge >= 0.3 is 6.03 Å². The smallest absolute Gasteiger partial charge is 0.324 e. The lowest BCUT2D eigenvalue weighted by atomic mass is 10.2. The van der Waals surface area contributed by atoms with Gasteiger partial charge in [0.25, 0.3) is 5.69 Å². The number of hydrogen-bond acceptors (Lipinski definition) is 4. The minimum Gasteiger partial charge on any atom is -0.324 e. The van der Waals surface area contributed by atoms with Crippen LogP contribution >= 0.6 is 0 Å². The van der Waals surface area contributed by atoms with Gasteiger partial charge in [-0.25, -0.2) is 9.69 Å². The number of benzene rings is 1. The number of amides is 3. The molecule has 7 heteroatoms. The number of anilines is 1. The van der Waals surface area contributed by atoms with E-state index < -0.39 is 4.92 Å². The molecule has 1 aromatic carbocycles. The van der Waals surface area contributed by atoms with E-state index in [-0.39, 0.29) is 24.0 Å². The first-order valence-corrected chi connectivity index (χ1v) is 5.91. The number of hydrogen-bond donors (Lipinski definition) is 0. The fourth-order valence-electron chi connectivity index (χ4n) is 1.96. The Balaban J connectivity index is 2.30. The van der Waals surface area contributed by atoms with Crippen molar-refractivity contribution in [1.29, 1.82) is 0 Å². The minimum atomic E-state index is -0.526. The molecule has 7 nitrogen and oxygen atoms in total. The van der Waals surface area contributed by atoms with Crippen LogP contribution in [-0.2, 0) is 4.79 Å². The Kier molecular flexibility index (Phi) is 3.46. The number of carbonyl (C=O) groups is 2. The predicted molar refractivity (Wildman–Crippen MR) is 67.8 cm³/mol. The predicted octanol–water partition coefficient (Wildman–Crippen LogP) is 1.77. The maximum absolute atomic E-state index is 12.1. The highest BCUT2D eigenvalue weighted by Crippen LogP contribution is 2.23. The standard InChI is InChI=1S/C12H13N3O4/c1-2-13-8-7-11(16)14(12(13)17)9-3-5-10(6-4-9)15(18)19/h3-6H,2,7-8H2,1H3. The van der Waals surface area contributed by atoms with Gasteiger partial charge in [-0.3, -0.25) is 14.9 Å². The van der Waals surface area contributed by atoms with Crippen LogP contribution in [0.5, 0.6) is 0 Å². The second kappa shape index (κ2) is 5.05. The second-order valence-electron chi connectivity index (χ2n) is 4.11. The summed E-state index contributed by atoms with van der Waals surface area (Å²) in [7, 11) is 0. The molecule has 19 heavy (non-hydrogen) atoms.